The van der Waals surface area contributed by atoms with Crippen LogP contribution < -0.4 is 5.32 Å². The molecule has 3 rings (SSSR count). The molecule has 0 radical (unpaired) electrons. The first-order valence-electron chi connectivity index (χ1n) is 7.14. The van der Waals surface area contributed by atoms with Gasteiger partial charge in [0.25, 0.3) is 0 Å². The largest absolute Gasteiger partial charge is 0.355 e. The molecule has 1 fully saturated rings. The van der Waals surface area contributed by atoms with Crippen molar-refractivity contribution in [2.75, 3.05) is 6.54 Å². The van der Waals surface area contributed by atoms with Gasteiger partial charge in [0, 0.05) is 24.8 Å². The lowest BCUT2D eigenvalue weighted by Gasteiger charge is -2.13. The summed E-state index contributed by atoms with van der Waals surface area (Å²) in [6.45, 7) is 3.31. The highest BCUT2D eigenvalue weighted by Gasteiger charge is 2.67. The molecule has 1 heterocycles. The normalized spacial score (nSPS) is 23.2. The minimum atomic E-state index is -0.895. The van der Waals surface area contributed by atoms with Gasteiger partial charge in [0.05, 0.1) is 5.41 Å². The van der Waals surface area contributed by atoms with E-state index in [1.807, 2.05) is 19.1 Å². The van der Waals surface area contributed by atoms with Crippen LogP contribution in [0.5, 0.6) is 0 Å². The smallest absolute Gasteiger partial charge is 0.229 e. The van der Waals surface area contributed by atoms with Crippen molar-refractivity contribution < 1.29 is 4.79 Å². The van der Waals surface area contributed by atoms with E-state index in [4.69, 9.17) is 23.2 Å². The number of nitrogens with one attached hydrogen (secondary N) is 1. The molecule has 5 heteroatoms. The highest BCUT2D eigenvalue weighted by Crippen LogP contribution is 2.63. The summed E-state index contributed by atoms with van der Waals surface area (Å²) in [6.07, 6.45) is 3.48. The van der Waals surface area contributed by atoms with Crippen LogP contribution in [0.3, 0.4) is 0 Å². The Bertz CT molecular complexity index is 680. The second-order valence-electron chi connectivity index (χ2n) is 5.89. The van der Waals surface area contributed by atoms with E-state index >= 15 is 0 Å². The van der Waals surface area contributed by atoms with Gasteiger partial charge in [-0.15, -0.1) is 23.2 Å². The van der Waals surface area contributed by atoms with Crippen LogP contribution in [0, 0.1) is 5.41 Å². The molecule has 0 bridgehead atoms. The van der Waals surface area contributed by atoms with Crippen molar-refractivity contribution in [1.29, 1.82) is 0 Å². The number of para-hydroxylation sites is 1. The third kappa shape index (κ3) is 2.65. The molecule has 1 aliphatic rings. The number of rotatable bonds is 5. The molecular weight excluding hydrogens is 307 g/mol. The first kappa shape index (κ1) is 14.7. The van der Waals surface area contributed by atoms with Gasteiger partial charge in [-0.1, -0.05) is 18.2 Å². The van der Waals surface area contributed by atoms with Crippen LogP contribution in [0.2, 0.25) is 0 Å². The Hall–Kier alpha value is -1.19. The first-order chi connectivity index (χ1) is 9.94. The molecule has 1 saturated carbocycles. The van der Waals surface area contributed by atoms with Crippen LogP contribution in [0.15, 0.2) is 36.5 Å². The van der Waals surface area contributed by atoms with E-state index in [1.54, 1.807) is 0 Å². The minimum Gasteiger partial charge on any atom is -0.355 e. The molecule has 1 atom stereocenters. The second-order valence-corrected chi connectivity index (χ2v) is 7.37. The zero-order valence-electron chi connectivity index (χ0n) is 11.9. The molecule has 1 aromatic heterocycles. The lowest BCUT2D eigenvalue weighted by Crippen LogP contribution is -2.34. The molecule has 112 valence electrons. The monoisotopic (exact) mass is 324 g/mol. The number of alkyl halides is 2. The number of hydrogen-bond donors (Lipinski definition) is 1. The topological polar surface area (TPSA) is 34.0 Å². The molecule has 1 aromatic carbocycles. The summed E-state index contributed by atoms with van der Waals surface area (Å²) < 4.78 is 1.31. The zero-order valence-corrected chi connectivity index (χ0v) is 13.4. The highest BCUT2D eigenvalue weighted by molar-refractivity contribution is 6.53. The minimum absolute atomic E-state index is 0.0511. The number of nitrogens with zero attached hydrogens (tertiary/aromatic N) is 1. The van der Waals surface area contributed by atoms with Gasteiger partial charge in [-0.2, -0.15) is 0 Å². The van der Waals surface area contributed by atoms with Crippen LogP contribution in [0.25, 0.3) is 10.9 Å². The van der Waals surface area contributed by atoms with Crippen molar-refractivity contribution in [3.05, 3.63) is 36.5 Å². The summed E-state index contributed by atoms with van der Waals surface area (Å²) in [5.41, 5.74) is 0.592. The van der Waals surface area contributed by atoms with Crippen molar-refractivity contribution >= 4 is 40.0 Å². The summed E-state index contributed by atoms with van der Waals surface area (Å²) >= 11 is 12.0. The third-order valence-corrected chi connectivity index (χ3v) is 5.40. The van der Waals surface area contributed by atoms with Crippen LogP contribution in [-0.2, 0) is 11.3 Å². The molecule has 1 unspecified atom stereocenters. The molecule has 1 amide bonds. The van der Waals surface area contributed by atoms with Gasteiger partial charge in [-0.05, 0) is 37.3 Å². The Morgan fingerprint density at radius 1 is 1.33 bits per heavy atom. The number of halogens is 2. The first-order valence-corrected chi connectivity index (χ1v) is 7.90. The van der Waals surface area contributed by atoms with Gasteiger partial charge < -0.3 is 9.88 Å². The van der Waals surface area contributed by atoms with Crippen LogP contribution in [-0.4, -0.2) is 21.4 Å². The standard InChI is InChI=1S/C16H18Cl2N2O/c1-15(11-16(15,17)18)14(21)19-8-4-9-20-10-7-12-5-2-3-6-13(12)20/h2-3,5-7,10H,4,8-9,11H2,1H3,(H,19,21). The van der Waals surface area contributed by atoms with Gasteiger partial charge >= 0.3 is 0 Å². The van der Waals surface area contributed by atoms with Gasteiger partial charge in [-0.25, -0.2) is 0 Å². The third-order valence-electron chi connectivity index (χ3n) is 4.30. The summed E-state index contributed by atoms with van der Waals surface area (Å²) in [5.74, 6) is -0.0511. The number of fused-ring (bicyclic) bond motifs is 1. The van der Waals surface area contributed by atoms with Crippen molar-refractivity contribution in [2.45, 2.75) is 30.6 Å². The van der Waals surface area contributed by atoms with E-state index < -0.39 is 9.75 Å². The lowest BCUT2D eigenvalue weighted by molar-refractivity contribution is -0.125. The number of carbonyl (C=O) groups is 1. The van der Waals surface area contributed by atoms with Gasteiger partial charge in [0.15, 0.2) is 0 Å². The fourth-order valence-corrected chi connectivity index (χ4v) is 3.33. The Balaban J connectivity index is 1.50. The summed E-state index contributed by atoms with van der Waals surface area (Å²) in [6, 6.07) is 10.4. The maximum atomic E-state index is 12.0. The van der Waals surface area contributed by atoms with Crippen LogP contribution >= 0.6 is 23.2 Å². The van der Waals surface area contributed by atoms with E-state index in [-0.39, 0.29) is 5.91 Å². The summed E-state index contributed by atoms with van der Waals surface area (Å²) in [7, 11) is 0. The van der Waals surface area contributed by atoms with E-state index in [1.165, 1.54) is 10.9 Å². The van der Waals surface area contributed by atoms with E-state index in [2.05, 4.69) is 34.3 Å². The fraction of sp³-hybridized carbons (Fsp3) is 0.438. The number of aromatic nitrogens is 1. The van der Waals surface area contributed by atoms with Crippen LogP contribution in [0.4, 0.5) is 0 Å². The average Bonchev–Trinajstić information content (AvgIpc) is 2.82. The van der Waals surface area contributed by atoms with E-state index in [9.17, 15) is 4.79 Å². The Morgan fingerprint density at radius 3 is 2.76 bits per heavy atom. The Labute approximate surface area is 134 Å². The van der Waals surface area contributed by atoms with E-state index in [0.29, 0.717) is 13.0 Å². The fourth-order valence-electron chi connectivity index (χ4n) is 2.63. The quantitative estimate of drug-likeness (QED) is 0.660. The zero-order chi connectivity index (χ0) is 15.1. The second kappa shape index (κ2) is 5.22. The van der Waals surface area contributed by atoms with Crippen LogP contribution in [0.1, 0.15) is 19.8 Å². The highest BCUT2D eigenvalue weighted by atomic mass is 35.5. The summed E-state index contributed by atoms with van der Waals surface area (Å²) in [4.78, 5) is 12.0. The summed E-state index contributed by atoms with van der Waals surface area (Å²) in [5, 5.41) is 4.17. The molecular formula is C16H18Cl2N2O. The number of aryl methyl sites for hydroxylation is 1. The SMILES string of the molecule is CC1(C(=O)NCCCn2ccc3ccccc32)CC1(Cl)Cl. The van der Waals surface area contributed by atoms with Crippen molar-refractivity contribution in [3.8, 4) is 0 Å². The van der Waals surface area contributed by atoms with Gasteiger partial charge in [0.1, 0.15) is 4.33 Å². The predicted molar refractivity (Wildman–Crippen MR) is 86.7 cm³/mol. The molecule has 3 nitrogen and oxygen atoms in total. The van der Waals surface area contributed by atoms with E-state index in [0.717, 1.165) is 13.0 Å². The molecule has 2 aromatic rings. The number of hydrogen-bond acceptors (Lipinski definition) is 1. The average molecular weight is 325 g/mol. The van der Waals surface area contributed by atoms with Gasteiger partial charge in [0.2, 0.25) is 5.91 Å². The number of benzene rings is 1. The number of carbonyl (C=O) groups excluding carboxylic acids is 1. The molecule has 21 heavy (non-hydrogen) atoms. The molecule has 0 aliphatic heterocycles. The maximum Gasteiger partial charge on any atom is 0.229 e. The van der Waals surface area contributed by atoms with Crippen molar-refractivity contribution in [2.24, 2.45) is 5.41 Å². The Kier molecular flexibility index (Phi) is 3.66. The number of amides is 1. The molecule has 0 spiro atoms. The lowest BCUT2D eigenvalue weighted by atomic mass is 10.1. The van der Waals surface area contributed by atoms with Crippen molar-refractivity contribution in [3.63, 3.8) is 0 Å². The maximum absolute atomic E-state index is 12.0. The van der Waals surface area contributed by atoms with Crippen molar-refractivity contribution in [1.82, 2.24) is 9.88 Å². The molecule has 1 N–H and O–H groups in total. The Morgan fingerprint density at radius 2 is 2.05 bits per heavy atom. The predicted octanol–water partition coefficient (Wildman–Crippen LogP) is 3.73. The van der Waals surface area contributed by atoms with Gasteiger partial charge in [-0.3, -0.25) is 4.79 Å². The molecule has 1 aliphatic carbocycles. The molecule has 0 saturated heterocycles.